The number of nitrogens with one attached hydrogen (secondary N) is 1. The molecule has 1 N–H and O–H groups in total. The van der Waals surface area contributed by atoms with Crippen molar-refractivity contribution in [3.05, 3.63) is 47.0 Å². The van der Waals surface area contributed by atoms with Crippen LogP contribution < -0.4 is 19.5 Å². The van der Waals surface area contributed by atoms with E-state index in [1.54, 1.807) is 43.5 Å². The van der Waals surface area contributed by atoms with E-state index >= 15 is 0 Å². The quantitative estimate of drug-likeness (QED) is 0.914. The molecule has 0 fully saturated rings. The van der Waals surface area contributed by atoms with Crippen molar-refractivity contribution in [1.29, 1.82) is 0 Å². The van der Waals surface area contributed by atoms with Crippen molar-refractivity contribution in [2.24, 2.45) is 0 Å². The number of anilines is 1. The number of ether oxygens (including phenoxy) is 3. The SMILES string of the molecule is COc1ccc(NC(=O)c2ccc(OC)c(OC)c2)c(Cl)c1. The summed E-state index contributed by atoms with van der Waals surface area (Å²) in [5.41, 5.74) is 0.937. The monoisotopic (exact) mass is 321 g/mol. The zero-order chi connectivity index (χ0) is 16.1. The smallest absolute Gasteiger partial charge is 0.255 e. The average Bonchev–Trinajstić information content (AvgIpc) is 2.55. The lowest BCUT2D eigenvalue weighted by atomic mass is 10.2. The standard InChI is InChI=1S/C16H16ClNO4/c1-20-11-5-6-13(12(17)9-11)18-16(19)10-4-7-14(21-2)15(8-10)22-3/h4-9H,1-3H3,(H,18,19). The third-order valence-corrected chi connectivity index (χ3v) is 3.38. The van der Waals surface area contributed by atoms with Crippen molar-refractivity contribution in [3.63, 3.8) is 0 Å². The molecule has 0 aliphatic carbocycles. The fourth-order valence-electron chi connectivity index (χ4n) is 1.90. The molecule has 0 radical (unpaired) electrons. The molecule has 5 nitrogen and oxygen atoms in total. The largest absolute Gasteiger partial charge is 0.497 e. The van der Waals surface area contributed by atoms with Crippen LogP contribution in [0.4, 0.5) is 5.69 Å². The fourth-order valence-corrected chi connectivity index (χ4v) is 2.11. The lowest BCUT2D eigenvalue weighted by Crippen LogP contribution is -2.12. The Hall–Kier alpha value is -2.40. The molecule has 0 bridgehead atoms. The van der Waals surface area contributed by atoms with Crippen LogP contribution in [0.25, 0.3) is 0 Å². The van der Waals surface area contributed by atoms with E-state index < -0.39 is 0 Å². The highest BCUT2D eigenvalue weighted by molar-refractivity contribution is 6.34. The summed E-state index contributed by atoms with van der Waals surface area (Å²) in [5, 5.41) is 3.14. The second kappa shape index (κ2) is 7.04. The molecule has 116 valence electrons. The molecule has 0 aliphatic rings. The van der Waals surface area contributed by atoms with Crippen molar-refractivity contribution in [1.82, 2.24) is 0 Å². The van der Waals surface area contributed by atoms with Gasteiger partial charge < -0.3 is 19.5 Å². The van der Waals surface area contributed by atoms with Gasteiger partial charge in [0.2, 0.25) is 0 Å². The Bertz CT molecular complexity index is 688. The lowest BCUT2D eigenvalue weighted by molar-refractivity contribution is 0.102. The molecule has 0 saturated heterocycles. The highest BCUT2D eigenvalue weighted by Gasteiger charge is 2.12. The molecule has 0 heterocycles. The van der Waals surface area contributed by atoms with E-state index in [1.807, 2.05) is 0 Å². The lowest BCUT2D eigenvalue weighted by Gasteiger charge is -2.11. The Kier molecular flexibility index (Phi) is 5.12. The highest BCUT2D eigenvalue weighted by atomic mass is 35.5. The summed E-state index contributed by atoms with van der Waals surface area (Å²) >= 11 is 6.11. The van der Waals surface area contributed by atoms with Crippen LogP contribution in [0.5, 0.6) is 17.2 Å². The van der Waals surface area contributed by atoms with Crippen LogP contribution in [-0.2, 0) is 0 Å². The summed E-state index contributed by atoms with van der Waals surface area (Å²) in [6.45, 7) is 0. The maximum absolute atomic E-state index is 12.3. The van der Waals surface area contributed by atoms with Gasteiger partial charge in [-0.05, 0) is 30.3 Å². The number of amides is 1. The minimum absolute atomic E-state index is 0.298. The first-order chi connectivity index (χ1) is 10.6. The van der Waals surface area contributed by atoms with Crippen LogP contribution in [-0.4, -0.2) is 27.2 Å². The van der Waals surface area contributed by atoms with Crippen molar-refractivity contribution < 1.29 is 19.0 Å². The maximum atomic E-state index is 12.3. The molecule has 0 unspecified atom stereocenters. The van der Waals surface area contributed by atoms with E-state index in [2.05, 4.69) is 5.32 Å². The molecule has 0 aromatic heterocycles. The van der Waals surface area contributed by atoms with Gasteiger partial charge in [0, 0.05) is 11.6 Å². The van der Waals surface area contributed by atoms with E-state index in [0.29, 0.717) is 33.5 Å². The minimum atomic E-state index is -0.298. The second-order valence-corrected chi connectivity index (χ2v) is 4.78. The molecule has 0 spiro atoms. The van der Waals surface area contributed by atoms with Crippen LogP contribution in [0.15, 0.2) is 36.4 Å². The third kappa shape index (κ3) is 3.43. The number of benzene rings is 2. The average molecular weight is 322 g/mol. The molecule has 0 aliphatic heterocycles. The Morgan fingerprint density at radius 1 is 0.955 bits per heavy atom. The predicted molar refractivity (Wildman–Crippen MR) is 85.5 cm³/mol. The van der Waals surface area contributed by atoms with Gasteiger partial charge in [0.15, 0.2) is 11.5 Å². The fraction of sp³-hybridized carbons (Fsp3) is 0.188. The second-order valence-electron chi connectivity index (χ2n) is 4.37. The van der Waals surface area contributed by atoms with Gasteiger partial charge in [-0.3, -0.25) is 4.79 Å². The van der Waals surface area contributed by atoms with E-state index in [4.69, 9.17) is 25.8 Å². The van der Waals surface area contributed by atoms with Gasteiger partial charge in [0.25, 0.3) is 5.91 Å². The Morgan fingerprint density at radius 2 is 1.68 bits per heavy atom. The summed E-state index contributed by atoms with van der Waals surface area (Å²) in [6, 6.07) is 9.95. The van der Waals surface area contributed by atoms with Crippen LogP contribution >= 0.6 is 11.6 Å². The maximum Gasteiger partial charge on any atom is 0.255 e. The van der Waals surface area contributed by atoms with E-state index in [9.17, 15) is 4.79 Å². The highest BCUT2D eigenvalue weighted by Crippen LogP contribution is 2.29. The van der Waals surface area contributed by atoms with Gasteiger partial charge in [-0.1, -0.05) is 11.6 Å². The van der Waals surface area contributed by atoms with Crippen LogP contribution in [0.2, 0.25) is 5.02 Å². The molecular weight excluding hydrogens is 306 g/mol. The van der Waals surface area contributed by atoms with E-state index in [0.717, 1.165) is 0 Å². The Morgan fingerprint density at radius 3 is 2.27 bits per heavy atom. The molecule has 1 amide bonds. The van der Waals surface area contributed by atoms with Gasteiger partial charge in [0.05, 0.1) is 32.0 Å². The number of carbonyl (C=O) groups is 1. The van der Waals surface area contributed by atoms with E-state index in [1.165, 1.54) is 14.2 Å². The van der Waals surface area contributed by atoms with Crippen LogP contribution in [0.3, 0.4) is 0 Å². The van der Waals surface area contributed by atoms with Crippen LogP contribution in [0.1, 0.15) is 10.4 Å². The summed E-state index contributed by atoms with van der Waals surface area (Å²) in [4.78, 5) is 12.3. The molecular formula is C16H16ClNO4. The summed E-state index contributed by atoms with van der Waals surface area (Å²) in [5.74, 6) is 1.36. The van der Waals surface area contributed by atoms with Gasteiger partial charge in [0.1, 0.15) is 5.75 Å². The predicted octanol–water partition coefficient (Wildman–Crippen LogP) is 3.62. The molecule has 22 heavy (non-hydrogen) atoms. The molecule has 6 heteroatoms. The number of methoxy groups -OCH3 is 3. The minimum Gasteiger partial charge on any atom is -0.497 e. The first-order valence-corrected chi connectivity index (χ1v) is 6.83. The number of rotatable bonds is 5. The van der Waals surface area contributed by atoms with Gasteiger partial charge >= 0.3 is 0 Å². The molecule has 0 atom stereocenters. The molecule has 2 rings (SSSR count). The Balaban J connectivity index is 2.22. The van der Waals surface area contributed by atoms with Crippen molar-refractivity contribution in [3.8, 4) is 17.2 Å². The van der Waals surface area contributed by atoms with Gasteiger partial charge in [-0.2, -0.15) is 0 Å². The molecule has 2 aromatic rings. The van der Waals surface area contributed by atoms with Gasteiger partial charge in [-0.15, -0.1) is 0 Å². The van der Waals surface area contributed by atoms with Gasteiger partial charge in [-0.25, -0.2) is 0 Å². The summed E-state index contributed by atoms with van der Waals surface area (Å²) in [7, 11) is 4.60. The zero-order valence-electron chi connectivity index (χ0n) is 12.5. The third-order valence-electron chi connectivity index (χ3n) is 3.07. The van der Waals surface area contributed by atoms with Crippen molar-refractivity contribution in [2.45, 2.75) is 0 Å². The van der Waals surface area contributed by atoms with Crippen LogP contribution in [0, 0.1) is 0 Å². The number of carbonyl (C=O) groups excluding carboxylic acids is 1. The molecule has 0 saturated carbocycles. The number of hydrogen-bond donors (Lipinski definition) is 1. The van der Waals surface area contributed by atoms with Crippen molar-refractivity contribution >= 4 is 23.2 Å². The Labute approximate surface area is 133 Å². The first-order valence-electron chi connectivity index (χ1n) is 6.46. The summed E-state index contributed by atoms with van der Waals surface area (Å²) in [6.07, 6.45) is 0. The number of halogens is 1. The molecule has 2 aromatic carbocycles. The topological polar surface area (TPSA) is 56.8 Å². The van der Waals surface area contributed by atoms with E-state index in [-0.39, 0.29) is 5.91 Å². The summed E-state index contributed by atoms with van der Waals surface area (Å²) < 4.78 is 15.4. The van der Waals surface area contributed by atoms with Crippen molar-refractivity contribution in [2.75, 3.05) is 26.6 Å². The normalized spacial score (nSPS) is 10.0. The first kappa shape index (κ1) is 16.0. The number of hydrogen-bond acceptors (Lipinski definition) is 4. The zero-order valence-corrected chi connectivity index (χ0v) is 13.2.